The third-order valence-corrected chi connectivity index (χ3v) is 3.76. The third kappa shape index (κ3) is 5.81. The van der Waals surface area contributed by atoms with Crippen LogP contribution in [0, 0.1) is 5.92 Å². The highest BCUT2D eigenvalue weighted by molar-refractivity contribution is 6.42. The van der Waals surface area contributed by atoms with Gasteiger partial charge in [0, 0.05) is 12.1 Å². The molecule has 1 aromatic carbocycles. The van der Waals surface area contributed by atoms with E-state index in [1.807, 2.05) is 0 Å². The monoisotopic (exact) mass is 333 g/mol. The molecular formula is C14H17Cl2NO4. The number of amides is 1. The van der Waals surface area contributed by atoms with E-state index in [1.165, 1.54) is 0 Å². The Morgan fingerprint density at radius 1 is 1.29 bits per heavy atom. The van der Waals surface area contributed by atoms with Crippen LogP contribution in [0.25, 0.3) is 0 Å². The van der Waals surface area contributed by atoms with Gasteiger partial charge in [-0.2, -0.15) is 0 Å². The van der Waals surface area contributed by atoms with Crippen molar-refractivity contribution in [3.8, 4) is 5.75 Å². The molecule has 0 aliphatic carbocycles. The van der Waals surface area contributed by atoms with E-state index in [1.54, 1.807) is 32.0 Å². The van der Waals surface area contributed by atoms with Gasteiger partial charge in [0.05, 0.1) is 29.0 Å². The lowest BCUT2D eigenvalue weighted by Crippen LogP contribution is -2.40. The van der Waals surface area contributed by atoms with Crippen LogP contribution in [-0.4, -0.2) is 29.6 Å². The normalized spacial score (nSPS) is 13.3. The Kier molecular flexibility index (Phi) is 6.78. The lowest BCUT2D eigenvalue weighted by molar-refractivity contribution is -0.142. The molecule has 0 saturated heterocycles. The lowest BCUT2D eigenvalue weighted by atomic mass is 10.0. The quantitative estimate of drug-likeness (QED) is 0.804. The Morgan fingerprint density at radius 2 is 1.95 bits per heavy atom. The van der Waals surface area contributed by atoms with Crippen molar-refractivity contribution in [3.05, 3.63) is 28.2 Å². The van der Waals surface area contributed by atoms with E-state index in [2.05, 4.69) is 5.32 Å². The number of ether oxygens (including phenoxy) is 1. The molecule has 0 aliphatic rings. The largest absolute Gasteiger partial charge is 0.493 e. The van der Waals surface area contributed by atoms with Gasteiger partial charge in [-0.05, 0) is 26.0 Å². The summed E-state index contributed by atoms with van der Waals surface area (Å²) in [6.45, 7) is 3.36. The van der Waals surface area contributed by atoms with Gasteiger partial charge in [0.15, 0.2) is 0 Å². The van der Waals surface area contributed by atoms with Crippen LogP contribution >= 0.6 is 23.2 Å². The molecule has 1 amide bonds. The van der Waals surface area contributed by atoms with E-state index < -0.39 is 17.9 Å². The molecule has 2 unspecified atom stereocenters. The number of rotatable bonds is 7. The molecule has 2 atom stereocenters. The summed E-state index contributed by atoms with van der Waals surface area (Å²) in [7, 11) is 0. The summed E-state index contributed by atoms with van der Waals surface area (Å²) < 4.78 is 5.38. The molecule has 21 heavy (non-hydrogen) atoms. The highest BCUT2D eigenvalue weighted by Gasteiger charge is 2.20. The van der Waals surface area contributed by atoms with Crippen molar-refractivity contribution in [1.82, 2.24) is 5.32 Å². The number of hydrogen-bond acceptors (Lipinski definition) is 3. The minimum atomic E-state index is -0.949. The SMILES string of the molecule is CC(NC(=O)CCOc1ccc(Cl)c(Cl)c1)C(C)C(=O)O. The summed E-state index contributed by atoms with van der Waals surface area (Å²) in [5, 5.41) is 12.3. The fourth-order valence-electron chi connectivity index (χ4n) is 1.49. The summed E-state index contributed by atoms with van der Waals surface area (Å²) in [5.74, 6) is -1.35. The molecule has 0 spiro atoms. The number of aliphatic carboxylic acids is 1. The predicted molar refractivity (Wildman–Crippen MR) is 81.0 cm³/mol. The first-order valence-electron chi connectivity index (χ1n) is 6.41. The molecule has 116 valence electrons. The Balaban J connectivity index is 2.36. The van der Waals surface area contributed by atoms with Crippen molar-refractivity contribution in [1.29, 1.82) is 0 Å². The van der Waals surface area contributed by atoms with Gasteiger partial charge >= 0.3 is 5.97 Å². The molecule has 5 nitrogen and oxygen atoms in total. The Bertz CT molecular complexity index is 522. The second kappa shape index (κ2) is 8.10. The first kappa shape index (κ1) is 17.6. The molecule has 2 N–H and O–H groups in total. The average molecular weight is 334 g/mol. The molecular weight excluding hydrogens is 317 g/mol. The zero-order valence-corrected chi connectivity index (χ0v) is 13.2. The molecule has 0 fully saturated rings. The van der Waals surface area contributed by atoms with Crippen molar-refractivity contribution in [2.75, 3.05) is 6.61 Å². The van der Waals surface area contributed by atoms with Crippen molar-refractivity contribution >= 4 is 35.1 Å². The van der Waals surface area contributed by atoms with E-state index in [0.717, 1.165) is 0 Å². The molecule has 0 bridgehead atoms. The fraction of sp³-hybridized carbons (Fsp3) is 0.429. The zero-order chi connectivity index (χ0) is 16.0. The first-order valence-corrected chi connectivity index (χ1v) is 7.17. The van der Waals surface area contributed by atoms with Crippen molar-refractivity contribution < 1.29 is 19.4 Å². The molecule has 0 radical (unpaired) electrons. The molecule has 1 aromatic rings. The van der Waals surface area contributed by atoms with Gasteiger partial charge in [-0.15, -0.1) is 0 Å². The van der Waals surface area contributed by atoms with E-state index >= 15 is 0 Å². The number of nitrogens with one attached hydrogen (secondary N) is 1. The minimum absolute atomic E-state index is 0.122. The summed E-state index contributed by atoms with van der Waals surface area (Å²) in [6.07, 6.45) is 0.122. The van der Waals surface area contributed by atoms with Crippen LogP contribution in [0.5, 0.6) is 5.75 Å². The second-order valence-corrected chi connectivity index (χ2v) is 5.47. The number of carboxylic acid groups (broad SMARTS) is 1. The second-order valence-electron chi connectivity index (χ2n) is 4.66. The van der Waals surface area contributed by atoms with Crippen LogP contribution in [0.3, 0.4) is 0 Å². The summed E-state index contributed by atoms with van der Waals surface area (Å²) in [6, 6.07) is 4.38. The van der Waals surface area contributed by atoms with Gasteiger partial charge in [-0.3, -0.25) is 9.59 Å². The minimum Gasteiger partial charge on any atom is -0.493 e. The number of carbonyl (C=O) groups is 2. The van der Waals surface area contributed by atoms with Crippen molar-refractivity contribution in [2.45, 2.75) is 26.3 Å². The van der Waals surface area contributed by atoms with Crippen LogP contribution < -0.4 is 10.1 Å². The van der Waals surface area contributed by atoms with Crippen LogP contribution in [0.1, 0.15) is 20.3 Å². The standard InChI is InChI=1S/C14H17Cl2NO4/c1-8(14(19)20)9(2)17-13(18)5-6-21-10-3-4-11(15)12(16)7-10/h3-4,7-9H,5-6H2,1-2H3,(H,17,18)(H,19,20). The number of carboxylic acids is 1. The highest BCUT2D eigenvalue weighted by atomic mass is 35.5. The number of carbonyl (C=O) groups excluding carboxylic acids is 1. The number of hydrogen-bond donors (Lipinski definition) is 2. The maximum absolute atomic E-state index is 11.7. The Hall–Kier alpha value is -1.46. The molecule has 0 heterocycles. The van der Waals surface area contributed by atoms with Crippen LogP contribution in [-0.2, 0) is 9.59 Å². The molecule has 0 aromatic heterocycles. The zero-order valence-electron chi connectivity index (χ0n) is 11.7. The van der Waals surface area contributed by atoms with E-state index in [9.17, 15) is 9.59 Å². The van der Waals surface area contributed by atoms with Crippen LogP contribution in [0.2, 0.25) is 10.0 Å². The van der Waals surface area contributed by atoms with Gasteiger partial charge in [-0.1, -0.05) is 23.2 Å². The number of benzene rings is 1. The molecule has 0 saturated carbocycles. The summed E-state index contributed by atoms with van der Waals surface area (Å²) >= 11 is 11.6. The predicted octanol–water partition coefficient (Wildman–Crippen LogP) is 2.99. The Labute approximate surface area is 133 Å². The van der Waals surface area contributed by atoms with E-state index in [0.29, 0.717) is 15.8 Å². The van der Waals surface area contributed by atoms with E-state index in [4.69, 9.17) is 33.0 Å². The van der Waals surface area contributed by atoms with Gasteiger partial charge < -0.3 is 15.2 Å². The molecule has 1 rings (SSSR count). The van der Waals surface area contributed by atoms with Crippen LogP contribution in [0.15, 0.2) is 18.2 Å². The lowest BCUT2D eigenvalue weighted by Gasteiger charge is -2.17. The third-order valence-electron chi connectivity index (χ3n) is 3.02. The van der Waals surface area contributed by atoms with Gasteiger partial charge in [0.2, 0.25) is 5.91 Å². The van der Waals surface area contributed by atoms with Crippen molar-refractivity contribution in [2.24, 2.45) is 5.92 Å². The number of halogens is 2. The van der Waals surface area contributed by atoms with Gasteiger partial charge in [0.1, 0.15) is 5.75 Å². The molecule has 0 aliphatic heterocycles. The fourth-order valence-corrected chi connectivity index (χ4v) is 1.78. The maximum Gasteiger partial charge on any atom is 0.308 e. The maximum atomic E-state index is 11.7. The smallest absolute Gasteiger partial charge is 0.308 e. The topological polar surface area (TPSA) is 75.6 Å². The summed E-state index contributed by atoms with van der Waals surface area (Å²) in [5.41, 5.74) is 0. The summed E-state index contributed by atoms with van der Waals surface area (Å²) in [4.78, 5) is 22.4. The average Bonchev–Trinajstić information content (AvgIpc) is 2.41. The van der Waals surface area contributed by atoms with Gasteiger partial charge in [-0.25, -0.2) is 0 Å². The van der Waals surface area contributed by atoms with E-state index in [-0.39, 0.29) is 18.9 Å². The van der Waals surface area contributed by atoms with Crippen LogP contribution in [0.4, 0.5) is 0 Å². The highest BCUT2D eigenvalue weighted by Crippen LogP contribution is 2.26. The van der Waals surface area contributed by atoms with Gasteiger partial charge in [0.25, 0.3) is 0 Å². The molecule has 7 heteroatoms. The Morgan fingerprint density at radius 3 is 2.52 bits per heavy atom. The first-order chi connectivity index (χ1) is 9.81. The van der Waals surface area contributed by atoms with Crippen molar-refractivity contribution in [3.63, 3.8) is 0 Å².